The van der Waals surface area contributed by atoms with Gasteiger partial charge in [-0.05, 0) is 51.0 Å². The summed E-state index contributed by atoms with van der Waals surface area (Å²) in [6.45, 7) is 10.0. The molecule has 0 radical (unpaired) electrons. The predicted octanol–water partition coefficient (Wildman–Crippen LogP) is 2.28. The number of benzene rings is 1. The number of carbonyl (C=O) groups is 1. The summed E-state index contributed by atoms with van der Waals surface area (Å²) >= 11 is 0. The van der Waals surface area contributed by atoms with Gasteiger partial charge in [0.25, 0.3) is 5.91 Å². The summed E-state index contributed by atoms with van der Waals surface area (Å²) in [6.07, 6.45) is 0. The smallest absolute Gasteiger partial charge is 0.251 e. The van der Waals surface area contributed by atoms with Gasteiger partial charge in [0.1, 0.15) is 0 Å². The van der Waals surface area contributed by atoms with Gasteiger partial charge in [-0.15, -0.1) is 0 Å². The maximum Gasteiger partial charge on any atom is 0.251 e. The Bertz CT molecular complexity index is 413. The number of amides is 1. The van der Waals surface area contributed by atoms with Crippen molar-refractivity contribution in [2.45, 2.75) is 33.7 Å². The van der Waals surface area contributed by atoms with Crippen LogP contribution >= 0.6 is 0 Å². The van der Waals surface area contributed by atoms with Crippen LogP contribution in [0.3, 0.4) is 0 Å². The average Bonchev–Trinajstić information content (AvgIpc) is 2.48. The molecule has 112 valence electrons. The molecule has 0 bridgehead atoms. The second-order valence-corrected chi connectivity index (χ2v) is 5.14. The number of rotatable bonds is 7. The van der Waals surface area contributed by atoms with Gasteiger partial charge in [-0.25, -0.2) is 0 Å². The summed E-state index contributed by atoms with van der Waals surface area (Å²) in [4.78, 5) is 14.3. The summed E-state index contributed by atoms with van der Waals surface area (Å²) in [5, 5.41) is 12.0. The number of carbonyl (C=O) groups excluding carboxylic acids is 1. The van der Waals surface area contributed by atoms with Crippen molar-refractivity contribution in [1.29, 1.82) is 0 Å². The van der Waals surface area contributed by atoms with Crippen molar-refractivity contribution in [3.63, 3.8) is 0 Å². The largest absolute Gasteiger partial charge is 0.396 e. The van der Waals surface area contributed by atoms with E-state index in [2.05, 4.69) is 24.1 Å². The minimum absolute atomic E-state index is 0.0463. The number of anilines is 1. The van der Waals surface area contributed by atoms with E-state index < -0.39 is 0 Å². The van der Waals surface area contributed by atoms with Gasteiger partial charge in [0, 0.05) is 37.0 Å². The first kappa shape index (κ1) is 16.5. The summed E-state index contributed by atoms with van der Waals surface area (Å²) in [5.74, 6) is -0.0437. The molecule has 0 saturated carbocycles. The molecule has 0 aliphatic heterocycles. The first-order valence-corrected chi connectivity index (χ1v) is 7.30. The molecule has 4 nitrogen and oxygen atoms in total. The third-order valence-corrected chi connectivity index (χ3v) is 3.76. The van der Waals surface area contributed by atoms with Crippen molar-refractivity contribution < 1.29 is 9.90 Å². The highest BCUT2D eigenvalue weighted by Gasteiger charge is 2.15. The number of aliphatic hydroxyl groups excluding tert-OH is 1. The van der Waals surface area contributed by atoms with Crippen molar-refractivity contribution >= 4 is 11.6 Å². The van der Waals surface area contributed by atoms with Gasteiger partial charge in [-0.1, -0.05) is 6.92 Å². The third-order valence-electron chi connectivity index (χ3n) is 3.76. The van der Waals surface area contributed by atoms with Gasteiger partial charge in [0.05, 0.1) is 0 Å². The van der Waals surface area contributed by atoms with Crippen LogP contribution in [0.15, 0.2) is 24.3 Å². The van der Waals surface area contributed by atoms with Crippen LogP contribution in [-0.2, 0) is 0 Å². The van der Waals surface area contributed by atoms with Crippen molar-refractivity contribution in [3.05, 3.63) is 29.8 Å². The van der Waals surface area contributed by atoms with Gasteiger partial charge in [-0.3, -0.25) is 4.79 Å². The zero-order valence-electron chi connectivity index (χ0n) is 12.9. The van der Waals surface area contributed by atoms with Gasteiger partial charge in [-0.2, -0.15) is 0 Å². The highest BCUT2D eigenvalue weighted by molar-refractivity contribution is 5.94. The van der Waals surface area contributed by atoms with E-state index in [9.17, 15) is 4.79 Å². The van der Waals surface area contributed by atoms with Crippen molar-refractivity contribution in [2.75, 3.05) is 24.6 Å². The minimum Gasteiger partial charge on any atom is -0.396 e. The second-order valence-electron chi connectivity index (χ2n) is 5.14. The average molecular weight is 278 g/mol. The molecule has 0 aliphatic carbocycles. The second kappa shape index (κ2) is 7.90. The molecular weight excluding hydrogens is 252 g/mol. The third kappa shape index (κ3) is 4.23. The number of hydrogen-bond acceptors (Lipinski definition) is 3. The van der Waals surface area contributed by atoms with E-state index in [-0.39, 0.29) is 24.5 Å². The van der Waals surface area contributed by atoms with Crippen LogP contribution in [0.25, 0.3) is 0 Å². The number of nitrogens with zero attached hydrogens (tertiary/aromatic N) is 1. The van der Waals surface area contributed by atoms with Crippen molar-refractivity contribution in [3.8, 4) is 0 Å². The lowest BCUT2D eigenvalue weighted by Gasteiger charge is -2.22. The fraction of sp³-hybridized carbons (Fsp3) is 0.562. The Kier molecular flexibility index (Phi) is 6.52. The van der Waals surface area contributed by atoms with E-state index >= 15 is 0 Å². The molecule has 0 heterocycles. The highest BCUT2D eigenvalue weighted by Crippen LogP contribution is 2.15. The molecule has 20 heavy (non-hydrogen) atoms. The highest BCUT2D eigenvalue weighted by atomic mass is 16.3. The van der Waals surface area contributed by atoms with Crippen LogP contribution in [0.4, 0.5) is 5.69 Å². The van der Waals surface area contributed by atoms with E-state index in [0.29, 0.717) is 5.56 Å². The van der Waals surface area contributed by atoms with Crippen LogP contribution in [0, 0.1) is 5.92 Å². The Balaban J connectivity index is 2.71. The molecule has 0 aliphatic rings. The molecule has 4 heteroatoms. The molecule has 0 aromatic heterocycles. The number of nitrogens with one attached hydrogen (secondary N) is 1. The van der Waals surface area contributed by atoms with Crippen molar-refractivity contribution in [2.24, 2.45) is 5.92 Å². The Morgan fingerprint density at radius 1 is 1.20 bits per heavy atom. The number of hydrogen-bond donors (Lipinski definition) is 2. The normalized spacial score (nSPS) is 13.7. The standard InChI is InChI=1S/C16H26N2O2/c1-5-18(6-2)15-9-7-14(8-10-15)16(20)17-13(4)12(3)11-19/h7-10,12-13,19H,5-6,11H2,1-4H3,(H,17,20). The number of aliphatic hydroxyl groups is 1. The zero-order chi connectivity index (χ0) is 15.1. The fourth-order valence-electron chi connectivity index (χ4n) is 2.00. The predicted molar refractivity (Wildman–Crippen MR) is 83.2 cm³/mol. The lowest BCUT2D eigenvalue weighted by Crippen LogP contribution is -2.38. The topological polar surface area (TPSA) is 52.6 Å². The Hall–Kier alpha value is -1.55. The van der Waals surface area contributed by atoms with Gasteiger partial charge < -0.3 is 15.3 Å². The molecule has 1 amide bonds. The fourth-order valence-corrected chi connectivity index (χ4v) is 2.00. The first-order valence-electron chi connectivity index (χ1n) is 7.30. The quantitative estimate of drug-likeness (QED) is 0.804. The lowest BCUT2D eigenvalue weighted by atomic mass is 10.0. The molecule has 0 saturated heterocycles. The summed E-state index contributed by atoms with van der Waals surface area (Å²) in [5.41, 5.74) is 1.78. The van der Waals surface area contributed by atoms with E-state index in [1.54, 1.807) is 0 Å². The summed E-state index contributed by atoms with van der Waals surface area (Å²) in [7, 11) is 0. The maximum atomic E-state index is 12.1. The first-order chi connectivity index (χ1) is 9.53. The van der Waals surface area contributed by atoms with Crippen LogP contribution in [0.5, 0.6) is 0 Å². The monoisotopic (exact) mass is 278 g/mol. The van der Waals surface area contributed by atoms with Crippen LogP contribution < -0.4 is 10.2 Å². The molecule has 2 atom stereocenters. The molecule has 1 aromatic carbocycles. The Morgan fingerprint density at radius 2 is 1.75 bits per heavy atom. The Morgan fingerprint density at radius 3 is 2.20 bits per heavy atom. The van der Waals surface area contributed by atoms with Gasteiger partial charge >= 0.3 is 0 Å². The molecule has 0 fully saturated rings. The zero-order valence-corrected chi connectivity index (χ0v) is 12.9. The molecule has 1 aromatic rings. The van der Waals surface area contributed by atoms with Crippen LogP contribution in [0.1, 0.15) is 38.1 Å². The van der Waals surface area contributed by atoms with Crippen LogP contribution in [-0.4, -0.2) is 36.8 Å². The summed E-state index contributed by atoms with van der Waals surface area (Å²) < 4.78 is 0. The molecular formula is C16H26N2O2. The maximum absolute atomic E-state index is 12.1. The molecule has 1 rings (SSSR count). The van der Waals surface area contributed by atoms with Gasteiger partial charge in [0.15, 0.2) is 0 Å². The SMILES string of the molecule is CCN(CC)c1ccc(C(=O)NC(C)C(C)CO)cc1. The summed E-state index contributed by atoms with van der Waals surface area (Å²) in [6, 6.07) is 7.60. The lowest BCUT2D eigenvalue weighted by molar-refractivity contribution is 0.0916. The van der Waals surface area contributed by atoms with Crippen molar-refractivity contribution in [1.82, 2.24) is 5.32 Å². The Labute approximate surface area is 121 Å². The van der Waals surface area contributed by atoms with E-state index in [1.165, 1.54) is 0 Å². The molecule has 2 unspecified atom stereocenters. The minimum atomic E-state index is -0.0936. The van der Waals surface area contributed by atoms with E-state index in [0.717, 1.165) is 18.8 Å². The molecule has 2 N–H and O–H groups in total. The van der Waals surface area contributed by atoms with Gasteiger partial charge in [0.2, 0.25) is 0 Å². The van der Waals surface area contributed by atoms with Crippen LogP contribution in [0.2, 0.25) is 0 Å². The van der Waals surface area contributed by atoms with E-state index in [1.807, 2.05) is 38.1 Å². The molecule has 0 spiro atoms. The van der Waals surface area contributed by atoms with E-state index in [4.69, 9.17) is 5.11 Å².